The number of hydrogen-bond acceptors (Lipinski definition) is 1. The Morgan fingerprint density at radius 1 is 1.17 bits per heavy atom. The van der Waals surface area contributed by atoms with E-state index in [0.29, 0.717) is 0 Å². The zero-order valence-electron chi connectivity index (χ0n) is 6.33. The van der Waals surface area contributed by atoms with Gasteiger partial charge in [0.2, 0.25) is 0 Å². The first kappa shape index (κ1) is 11.6. The molecule has 0 spiro atoms. The minimum atomic E-state index is -5.51. The molecule has 0 amide bonds. The molecule has 1 nitrogen and oxygen atoms in total. The van der Waals surface area contributed by atoms with E-state index in [1.165, 1.54) is 0 Å². The molecule has 1 N–H and O–H groups in total. The van der Waals surface area contributed by atoms with Gasteiger partial charge in [-0.2, -0.15) is 22.0 Å². The minimum Gasteiger partial charge on any atom is -0.393 e. The standard InChI is InChI=1S/C6H9F5O/c1-4(12)2-3-5(7,8)6(9,10)11/h4,12H,2-3H2,1H3/t4-/m0/s1. The summed E-state index contributed by atoms with van der Waals surface area (Å²) in [6.45, 7) is 1.16. The van der Waals surface area contributed by atoms with E-state index >= 15 is 0 Å². The highest BCUT2D eigenvalue weighted by atomic mass is 19.4. The van der Waals surface area contributed by atoms with Crippen molar-refractivity contribution in [1.82, 2.24) is 0 Å². The molecule has 0 aromatic heterocycles. The average Bonchev–Trinajstić information content (AvgIpc) is 1.81. The maximum absolute atomic E-state index is 12.1. The van der Waals surface area contributed by atoms with Crippen molar-refractivity contribution in [3.05, 3.63) is 0 Å². The van der Waals surface area contributed by atoms with E-state index in [0.717, 1.165) is 6.92 Å². The first-order valence-corrected chi connectivity index (χ1v) is 3.29. The Morgan fingerprint density at radius 3 is 1.83 bits per heavy atom. The van der Waals surface area contributed by atoms with Gasteiger partial charge in [-0.25, -0.2) is 0 Å². The normalized spacial score (nSPS) is 16.2. The predicted molar refractivity (Wildman–Crippen MR) is 31.9 cm³/mol. The molecule has 0 saturated carbocycles. The van der Waals surface area contributed by atoms with Gasteiger partial charge >= 0.3 is 12.1 Å². The van der Waals surface area contributed by atoms with E-state index in [1.807, 2.05) is 0 Å². The molecule has 0 aromatic carbocycles. The summed E-state index contributed by atoms with van der Waals surface area (Å²) in [5.74, 6) is -4.69. The van der Waals surface area contributed by atoms with Crippen molar-refractivity contribution in [3.63, 3.8) is 0 Å². The van der Waals surface area contributed by atoms with E-state index < -0.39 is 31.0 Å². The van der Waals surface area contributed by atoms with Gasteiger partial charge in [0.05, 0.1) is 6.10 Å². The van der Waals surface area contributed by atoms with Crippen LogP contribution in [0.15, 0.2) is 0 Å². The van der Waals surface area contributed by atoms with Crippen LogP contribution >= 0.6 is 0 Å². The van der Waals surface area contributed by atoms with E-state index in [4.69, 9.17) is 5.11 Å². The lowest BCUT2D eigenvalue weighted by Gasteiger charge is -2.19. The molecule has 0 unspecified atom stereocenters. The first-order valence-electron chi connectivity index (χ1n) is 3.29. The number of alkyl halides is 5. The monoisotopic (exact) mass is 192 g/mol. The van der Waals surface area contributed by atoms with Crippen LogP contribution in [-0.2, 0) is 0 Å². The van der Waals surface area contributed by atoms with Crippen LogP contribution in [-0.4, -0.2) is 23.3 Å². The predicted octanol–water partition coefficient (Wildman–Crippen LogP) is 2.34. The van der Waals surface area contributed by atoms with Crippen molar-refractivity contribution >= 4 is 0 Å². The van der Waals surface area contributed by atoms with Gasteiger partial charge in [0.15, 0.2) is 0 Å². The van der Waals surface area contributed by atoms with Crippen molar-refractivity contribution in [3.8, 4) is 0 Å². The van der Waals surface area contributed by atoms with Crippen LogP contribution in [0.4, 0.5) is 22.0 Å². The van der Waals surface area contributed by atoms with Gasteiger partial charge in [-0.1, -0.05) is 0 Å². The van der Waals surface area contributed by atoms with Gasteiger partial charge in [-0.3, -0.25) is 0 Å². The second kappa shape index (κ2) is 3.55. The van der Waals surface area contributed by atoms with Crippen LogP contribution in [0.3, 0.4) is 0 Å². The lowest BCUT2D eigenvalue weighted by molar-refractivity contribution is -0.285. The molecule has 0 aliphatic rings. The summed E-state index contributed by atoms with van der Waals surface area (Å²) in [7, 11) is 0. The Morgan fingerprint density at radius 2 is 1.58 bits per heavy atom. The summed E-state index contributed by atoms with van der Waals surface area (Å²) in [6, 6.07) is 0. The highest BCUT2D eigenvalue weighted by Gasteiger charge is 2.56. The highest BCUT2D eigenvalue weighted by molar-refractivity contribution is 4.76. The van der Waals surface area contributed by atoms with Gasteiger partial charge in [0, 0.05) is 6.42 Å². The highest BCUT2D eigenvalue weighted by Crippen LogP contribution is 2.38. The summed E-state index contributed by atoms with van der Waals surface area (Å²) < 4.78 is 58.5. The first-order chi connectivity index (χ1) is 5.17. The van der Waals surface area contributed by atoms with Crippen LogP contribution in [0, 0.1) is 0 Å². The fourth-order valence-corrected chi connectivity index (χ4v) is 0.532. The lowest BCUT2D eigenvalue weighted by Crippen LogP contribution is -2.36. The Kier molecular flexibility index (Phi) is 3.44. The quantitative estimate of drug-likeness (QED) is 0.680. The molecular weight excluding hydrogens is 183 g/mol. The van der Waals surface area contributed by atoms with Crippen molar-refractivity contribution in [2.75, 3.05) is 0 Å². The molecule has 0 saturated heterocycles. The van der Waals surface area contributed by atoms with Gasteiger partial charge in [0.1, 0.15) is 0 Å². The third-order valence-corrected chi connectivity index (χ3v) is 1.29. The Hall–Kier alpha value is -0.390. The third kappa shape index (κ3) is 3.34. The Labute approximate surface area is 66.2 Å². The van der Waals surface area contributed by atoms with E-state index in [9.17, 15) is 22.0 Å². The summed E-state index contributed by atoms with van der Waals surface area (Å²) in [5.41, 5.74) is 0. The van der Waals surface area contributed by atoms with Crippen LogP contribution in [0.5, 0.6) is 0 Å². The smallest absolute Gasteiger partial charge is 0.393 e. The molecule has 0 fully saturated rings. The summed E-state index contributed by atoms with van der Waals surface area (Å²) in [5, 5.41) is 8.48. The fraction of sp³-hybridized carbons (Fsp3) is 1.00. The van der Waals surface area contributed by atoms with Crippen molar-refractivity contribution in [2.24, 2.45) is 0 Å². The topological polar surface area (TPSA) is 20.2 Å². The third-order valence-electron chi connectivity index (χ3n) is 1.29. The van der Waals surface area contributed by atoms with Gasteiger partial charge in [-0.15, -0.1) is 0 Å². The molecule has 74 valence electrons. The number of hydrogen-bond donors (Lipinski definition) is 1. The Balaban J connectivity index is 4.05. The molecule has 0 rings (SSSR count). The van der Waals surface area contributed by atoms with Crippen molar-refractivity contribution in [2.45, 2.75) is 38.0 Å². The SMILES string of the molecule is C[C@H](O)CCC(F)(F)C(F)(F)F. The molecule has 0 aromatic rings. The van der Waals surface area contributed by atoms with Crippen molar-refractivity contribution < 1.29 is 27.1 Å². The number of aliphatic hydroxyl groups is 1. The summed E-state index contributed by atoms with van der Waals surface area (Å²) >= 11 is 0. The molecule has 0 aliphatic heterocycles. The second-order valence-corrected chi connectivity index (χ2v) is 2.59. The van der Waals surface area contributed by atoms with E-state index in [1.54, 1.807) is 0 Å². The molecule has 1 atom stereocenters. The van der Waals surface area contributed by atoms with Crippen LogP contribution < -0.4 is 0 Å². The van der Waals surface area contributed by atoms with Crippen LogP contribution in [0.25, 0.3) is 0 Å². The summed E-state index contributed by atoms with van der Waals surface area (Å²) in [4.78, 5) is 0. The van der Waals surface area contributed by atoms with Gasteiger partial charge < -0.3 is 5.11 Å². The summed E-state index contributed by atoms with van der Waals surface area (Å²) in [6.07, 6.45) is -8.58. The Bertz CT molecular complexity index is 139. The molecule has 0 heterocycles. The fourth-order valence-electron chi connectivity index (χ4n) is 0.532. The average molecular weight is 192 g/mol. The minimum absolute atomic E-state index is 0.563. The molecule has 12 heavy (non-hydrogen) atoms. The molecule has 0 bridgehead atoms. The molecule has 0 radical (unpaired) electrons. The lowest BCUT2D eigenvalue weighted by atomic mass is 10.1. The maximum atomic E-state index is 12.1. The second-order valence-electron chi connectivity index (χ2n) is 2.59. The number of rotatable bonds is 3. The largest absolute Gasteiger partial charge is 0.453 e. The van der Waals surface area contributed by atoms with Crippen LogP contribution in [0.2, 0.25) is 0 Å². The maximum Gasteiger partial charge on any atom is 0.453 e. The number of aliphatic hydroxyl groups excluding tert-OH is 1. The molecular formula is C6H9F5O. The number of halogens is 5. The van der Waals surface area contributed by atoms with Gasteiger partial charge in [0.25, 0.3) is 0 Å². The molecule has 0 aliphatic carbocycles. The van der Waals surface area contributed by atoms with Crippen LogP contribution in [0.1, 0.15) is 19.8 Å². The molecule has 6 heteroatoms. The van der Waals surface area contributed by atoms with Crippen molar-refractivity contribution in [1.29, 1.82) is 0 Å². The zero-order chi connectivity index (χ0) is 9.99. The van der Waals surface area contributed by atoms with E-state index in [2.05, 4.69) is 0 Å². The van der Waals surface area contributed by atoms with E-state index in [-0.39, 0.29) is 0 Å². The van der Waals surface area contributed by atoms with Gasteiger partial charge in [-0.05, 0) is 13.3 Å². The zero-order valence-corrected chi connectivity index (χ0v) is 6.33.